The molecular formula is C16H30N2O2. The van der Waals surface area contributed by atoms with E-state index >= 15 is 0 Å². The molecule has 4 atom stereocenters. The Morgan fingerprint density at radius 2 is 1.60 bits per heavy atom. The number of nitrogens with one attached hydrogen (secondary N) is 2. The minimum atomic E-state index is -0.421. The van der Waals surface area contributed by atoms with Crippen molar-refractivity contribution in [2.24, 2.45) is 11.8 Å². The number of alkyl carbamates (subject to hydrolysis) is 1. The van der Waals surface area contributed by atoms with Gasteiger partial charge in [-0.2, -0.15) is 0 Å². The van der Waals surface area contributed by atoms with Gasteiger partial charge in [0.15, 0.2) is 0 Å². The van der Waals surface area contributed by atoms with Gasteiger partial charge in [0.2, 0.25) is 0 Å². The maximum absolute atomic E-state index is 11.7. The molecule has 0 spiro atoms. The van der Waals surface area contributed by atoms with Crippen LogP contribution in [-0.2, 0) is 4.74 Å². The van der Waals surface area contributed by atoms with E-state index in [4.69, 9.17) is 4.74 Å². The second kappa shape index (κ2) is 5.92. The third-order valence-corrected chi connectivity index (χ3v) is 4.12. The van der Waals surface area contributed by atoms with Crippen LogP contribution in [0.25, 0.3) is 0 Å². The van der Waals surface area contributed by atoms with E-state index in [0.717, 1.165) is 18.3 Å². The van der Waals surface area contributed by atoms with E-state index in [2.05, 4.69) is 24.5 Å². The number of hydrogen-bond donors (Lipinski definition) is 2. The fourth-order valence-corrected chi connectivity index (χ4v) is 3.38. The van der Waals surface area contributed by atoms with Gasteiger partial charge in [0.25, 0.3) is 0 Å². The van der Waals surface area contributed by atoms with Crippen molar-refractivity contribution in [1.29, 1.82) is 0 Å². The molecule has 0 aromatic rings. The van der Waals surface area contributed by atoms with Crippen LogP contribution < -0.4 is 10.6 Å². The van der Waals surface area contributed by atoms with E-state index < -0.39 is 5.60 Å². The summed E-state index contributed by atoms with van der Waals surface area (Å²) in [6.07, 6.45) is 4.61. The Balaban J connectivity index is 1.69. The SMILES string of the molecule is CC1CC(C)CC(NC2CC2NC(=O)OC(C)(C)C)C1. The second-order valence-corrected chi connectivity index (χ2v) is 7.88. The van der Waals surface area contributed by atoms with Crippen LogP contribution >= 0.6 is 0 Å². The van der Waals surface area contributed by atoms with Gasteiger partial charge in [-0.3, -0.25) is 0 Å². The molecule has 0 heterocycles. The first-order chi connectivity index (χ1) is 9.23. The molecule has 2 aliphatic carbocycles. The highest BCUT2D eigenvalue weighted by Crippen LogP contribution is 2.31. The summed E-state index contributed by atoms with van der Waals surface area (Å²) >= 11 is 0. The van der Waals surface area contributed by atoms with Gasteiger partial charge in [0.1, 0.15) is 5.60 Å². The average molecular weight is 282 g/mol. The van der Waals surface area contributed by atoms with Crippen LogP contribution in [0.2, 0.25) is 0 Å². The molecule has 0 bridgehead atoms. The lowest BCUT2D eigenvalue weighted by Crippen LogP contribution is -2.41. The molecule has 4 nitrogen and oxygen atoms in total. The normalized spacial score (nSPS) is 37.4. The molecule has 2 saturated carbocycles. The van der Waals surface area contributed by atoms with E-state index in [1.54, 1.807) is 0 Å². The number of hydrogen-bond acceptors (Lipinski definition) is 3. The van der Waals surface area contributed by atoms with Crippen LogP contribution in [0.3, 0.4) is 0 Å². The first kappa shape index (κ1) is 15.6. The topological polar surface area (TPSA) is 50.4 Å². The highest BCUT2D eigenvalue weighted by Gasteiger charge is 2.41. The third-order valence-electron chi connectivity index (χ3n) is 4.12. The zero-order valence-corrected chi connectivity index (χ0v) is 13.5. The lowest BCUT2D eigenvalue weighted by molar-refractivity contribution is 0.0521. The Morgan fingerprint density at radius 1 is 1.00 bits per heavy atom. The average Bonchev–Trinajstić information content (AvgIpc) is 2.90. The van der Waals surface area contributed by atoms with Crippen LogP contribution in [-0.4, -0.2) is 29.8 Å². The van der Waals surface area contributed by atoms with Gasteiger partial charge in [0.05, 0.1) is 0 Å². The van der Waals surface area contributed by atoms with Crippen molar-refractivity contribution in [2.75, 3.05) is 0 Å². The molecule has 20 heavy (non-hydrogen) atoms. The fourth-order valence-electron chi connectivity index (χ4n) is 3.38. The molecule has 0 aliphatic heterocycles. The lowest BCUT2D eigenvalue weighted by Gasteiger charge is -2.32. The number of amides is 1. The largest absolute Gasteiger partial charge is 0.444 e. The minimum absolute atomic E-state index is 0.248. The molecule has 2 N–H and O–H groups in total. The number of carbonyl (C=O) groups excluding carboxylic acids is 1. The zero-order valence-electron chi connectivity index (χ0n) is 13.5. The maximum atomic E-state index is 11.7. The maximum Gasteiger partial charge on any atom is 0.407 e. The Bertz CT molecular complexity index is 341. The molecule has 4 unspecified atom stereocenters. The molecule has 116 valence electrons. The standard InChI is InChI=1S/C16H30N2O2/c1-10-6-11(2)8-12(7-10)17-13-9-14(13)18-15(19)20-16(3,4)5/h10-14,17H,6-9H2,1-5H3,(H,18,19). The summed E-state index contributed by atoms with van der Waals surface area (Å²) in [5.41, 5.74) is -0.421. The van der Waals surface area contributed by atoms with Gasteiger partial charge in [-0.15, -0.1) is 0 Å². The van der Waals surface area contributed by atoms with Crippen LogP contribution in [0.4, 0.5) is 4.79 Å². The quantitative estimate of drug-likeness (QED) is 0.836. The summed E-state index contributed by atoms with van der Waals surface area (Å²) in [6, 6.07) is 1.30. The molecule has 2 aliphatic rings. The van der Waals surface area contributed by atoms with Crippen molar-refractivity contribution in [3.05, 3.63) is 0 Å². The summed E-state index contributed by atoms with van der Waals surface area (Å²) in [5, 5.41) is 6.65. The van der Waals surface area contributed by atoms with Crippen molar-refractivity contribution in [1.82, 2.24) is 10.6 Å². The van der Waals surface area contributed by atoms with E-state index in [1.807, 2.05) is 20.8 Å². The van der Waals surface area contributed by atoms with Crippen molar-refractivity contribution in [2.45, 2.75) is 84.0 Å². The predicted molar refractivity (Wildman–Crippen MR) is 80.7 cm³/mol. The molecule has 1 amide bonds. The molecule has 0 saturated heterocycles. The molecule has 0 aromatic heterocycles. The van der Waals surface area contributed by atoms with Crippen molar-refractivity contribution >= 4 is 6.09 Å². The first-order valence-electron chi connectivity index (χ1n) is 7.98. The smallest absolute Gasteiger partial charge is 0.407 e. The predicted octanol–water partition coefficient (Wildman–Crippen LogP) is 3.07. The van der Waals surface area contributed by atoms with Crippen LogP contribution in [0.1, 0.15) is 60.3 Å². The van der Waals surface area contributed by atoms with E-state index in [9.17, 15) is 4.79 Å². The highest BCUT2D eigenvalue weighted by atomic mass is 16.6. The van der Waals surface area contributed by atoms with E-state index in [1.165, 1.54) is 19.3 Å². The zero-order chi connectivity index (χ0) is 14.9. The summed E-state index contributed by atoms with van der Waals surface area (Å²) in [5.74, 6) is 1.62. The van der Waals surface area contributed by atoms with Crippen molar-refractivity contribution < 1.29 is 9.53 Å². The molecule has 4 heteroatoms. The first-order valence-corrected chi connectivity index (χ1v) is 7.98. The van der Waals surface area contributed by atoms with Gasteiger partial charge in [0, 0.05) is 18.1 Å². The van der Waals surface area contributed by atoms with Gasteiger partial charge in [-0.25, -0.2) is 4.79 Å². The minimum Gasteiger partial charge on any atom is -0.444 e. The molecule has 2 rings (SSSR count). The van der Waals surface area contributed by atoms with Crippen molar-refractivity contribution in [3.63, 3.8) is 0 Å². The monoisotopic (exact) mass is 282 g/mol. The van der Waals surface area contributed by atoms with Gasteiger partial charge in [-0.1, -0.05) is 13.8 Å². The summed E-state index contributed by atoms with van der Waals surface area (Å²) < 4.78 is 5.28. The number of ether oxygens (including phenoxy) is 1. The number of carbonyl (C=O) groups is 1. The van der Waals surface area contributed by atoms with E-state index in [0.29, 0.717) is 12.1 Å². The Labute approximate surface area is 123 Å². The van der Waals surface area contributed by atoms with Crippen molar-refractivity contribution in [3.8, 4) is 0 Å². The third kappa shape index (κ3) is 4.97. The summed E-state index contributed by atoms with van der Waals surface area (Å²) in [6.45, 7) is 10.3. The summed E-state index contributed by atoms with van der Waals surface area (Å²) in [7, 11) is 0. The highest BCUT2D eigenvalue weighted by molar-refractivity contribution is 5.68. The van der Waals surface area contributed by atoms with Crippen LogP contribution in [0.5, 0.6) is 0 Å². The molecular weight excluding hydrogens is 252 g/mol. The van der Waals surface area contributed by atoms with E-state index in [-0.39, 0.29) is 12.1 Å². The number of rotatable bonds is 3. The molecule has 2 fully saturated rings. The van der Waals surface area contributed by atoms with Gasteiger partial charge < -0.3 is 15.4 Å². The Kier molecular flexibility index (Phi) is 4.62. The van der Waals surface area contributed by atoms with Crippen LogP contribution in [0, 0.1) is 11.8 Å². The summed E-state index contributed by atoms with van der Waals surface area (Å²) in [4.78, 5) is 11.7. The van der Waals surface area contributed by atoms with Gasteiger partial charge >= 0.3 is 6.09 Å². The fraction of sp³-hybridized carbons (Fsp3) is 0.938. The van der Waals surface area contributed by atoms with Crippen LogP contribution in [0.15, 0.2) is 0 Å². The lowest BCUT2D eigenvalue weighted by atomic mass is 9.80. The Morgan fingerprint density at radius 3 is 2.15 bits per heavy atom. The Hall–Kier alpha value is -0.770. The molecule has 0 aromatic carbocycles. The van der Waals surface area contributed by atoms with Gasteiger partial charge in [-0.05, 0) is 58.3 Å². The second-order valence-electron chi connectivity index (χ2n) is 7.88. The molecule has 0 radical (unpaired) electrons.